The molecule has 0 fully saturated rings. The first-order valence-corrected chi connectivity index (χ1v) is 7.63. The highest BCUT2D eigenvalue weighted by Gasteiger charge is 2.11. The number of carbonyl (C=O) groups excluding carboxylic acids is 1. The molecule has 1 aromatic heterocycles. The van der Waals surface area contributed by atoms with E-state index in [1.807, 2.05) is 43.3 Å². The number of hydrogen-bond acceptors (Lipinski definition) is 5. The molecule has 0 unspecified atom stereocenters. The summed E-state index contributed by atoms with van der Waals surface area (Å²) in [5.41, 5.74) is 1.97. The summed E-state index contributed by atoms with van der Waals surface area (Å²) in [6.45, 7) is -0.156. The fourth-order valence-corrected chi connectivity index (χ4v) is 2.22. The molecule has 0 aliphatic carbocycles. The molecule has 1 heterocycles. The number of hydrogen-bond donors (Lipinski definition) is 1. The first-order valence-electron chi connectivity index (χ1n) is 7.63. The lowest BCUT2D eigenvalue weighted by Gasteiger charge is -2.11. The zero-order chi connectivity index (χ0) is 17.8. The predicted octanol–water partition coefficient (Wildman–Crippen LogP) is 2.18. The largest absolute Gasteiger partial charge is 0.378 e. The monoisotopic (exact) mass is 340 g/mol. The van der Waals surface area contributed by atoms with Gasteiger partial charge < -0.3 is 10.2 Å². The number of nitrogens with one attached hydrogen (secondary N) is 1. The maximum absolute atomic E-state index is 13.5. The second-order valence-corrected chi connectivity index (χ2v) is 5.61. The highest BCUT2D eigenvalue weighted by atomic mass is 19.1. The summed E-state index contributed by atoms with van der Waals surface area (Å²) in [5, 5.41) is 14.5. The van der Waals surface area contributed by atoms with Gasteiger partial charge in [-0.25, -0.2) is 4.39 Å². The first-order chi connectivity index (χ1) is 12.0. The fourth-order valence-electron chi connectivity index (χ4n) is 2.22. The number of carbonyl (C=O) groups is 1. The summed E-state index contributed by atoms with van der Waals surface area (Å²) >= 11 is 0. The number of para-hydroxylation sites is 1. The molecule has 0 radical (unpaired) electrons. The number of nitrogens with zero attached hydrogens (tertiary/aromatic N) is 5. The minimum Gasteiger partial charge on any atom is -0.378 e. The zero-order valence-corrected chi connectivity index (χ0v) is 13.8. The molecule has 25 heavy (non-hydrogen) atoms. The van der Waals surface area contributed by atoms with Crippen molar-refractivity contribution in [1.82, 2.24) is 20.2 Å². The maximum Gasteiger partial charge on any atom is 0.248 e. The molecule has 3 rings (SSSR count). The van der Waals surface area contributed by atoms with E-state index in [0.717, 1.165) is 11.3 Å². The molecule has 0 bridgehead atoms. The van der Waals surface area contributed by atoms with Crippen molar-refractivity contribution in [3.05, 3.63) is 54.3 Å². The van der Waals surface area contributed by atoms with Crippen LogP contribution in [0.25, 0.3) is 11.4 Å². The van der Waals surface area contributed by atoms with E-state index in [0.29, 0.717) is 5.82 Å². The molecule has 0 aliphatic rings. The van der Waals surface area contributed by atoms with Crippen LogP contribution in [-0.2, 0) is 11.3 Å². The molecule has 2 aromatic carbocycles. The third kappa shape index (κ3) is 3.97. The van der Waals surface area contributed by atoms with Crippen LogP contribution in [0.4, 0.5) is 15.8 Å². The van der Waals surface area contributed by atoms with Crippen LogP contribution in [-0.4, -0.2) is 40.2 Å². The summed E-state index contributed by atoms with van der Waals surface area (Å²) in [4.78, 5) is 15.1. The van der Waals surface area contributed by atoms with Gasteiger partial charge in [0, 0.05) is 25.3 Å². The lowest BCUT2D eigenvalue weighted by Crippen LogP contribution is -2.21. The third-order valence-corrected chi connectivity index (χ3v) is 3.53. The van der Waals surface area contributed by atoms with Crippen LogP contribution >= 0.6 is 0 Å². The smallest absolute Gasteiger partial charge is 0.248 e. The lowest BCUT2D eigenvalue weighted by atomic mass is 10.2. The van der Waals surface area contributed by atoms with Crippen molar-refractivity contribution in [2.24, 2.45) is 0 Å². The number of tetrazole rings is 1. The maximum atomic E-state index is 13.5. The van der Waals surface area contributed by atoms with E-state index >= 15 is 0 Å². The summed E-state index contributed by atoms with van der Waals surface area (Å²) in [6, 6.07) is 13.6. The van der Waals surface area contributed by atoms with Crippen LogP contribution in [0, 0.1) is 5.82 Å². The molecule has 8 heteroatoms. The number of anilines is 2. The molecule has 3 aromatic rings. The van der Waals surface area contributed by atoms with Gasteiger partial charge in [0.25, 0.3) is 0 Å². The summed E-state index contributed by atoms with van der Waals surface area (Å²) in [5.74, 6) is -0.509. The van der Waals surface area contributed by atoms with Crippen molar-refractivity contribution >= 4 is 17.3 Å². The van der Waals surface area contributed by atoms with Gasteiger partial charge in [-0.05, 0) is 41.6 Å². The highest BCUT2D eigenvalue weighted by molar-refractivity contribution is 5.90. The first kappa shape index (κ1) is 16.6. The van der Waals surface area contributed by atoms with Crippen LogP contribution < -0.4 is 10.2 Å². The summed E-state index contributed by atoms with van der Waals surface area (Å²) in [7, 11) is 3.91. The van der Waals surface area contributed by atoms with Gasteiger partial charge in [-0.2, -0.15) is 4.80 Å². The van der Waals surface area contributed by atoms with Gasteiger partial charge in [-0.15, -0.1) is 10.2 Å². The third-order valence-electron chi connectivity index (χ3n) is 3.53. The number of halogens is 1. The number of benzene rings is 2. The Labute approximate surface area is 144 Å². The molecule has 1 N–H and O–H groups in total. The van der Waals surface area contributed by atoms with Gasteiger partial charge in [-0.1, -0.05) is 12.1 Å². The zero-order valence-electron chi connectivity index (χ0n) is 13.8. The SMILES string of the molecule is CN(C)c1ccc(-c2nnn(CC(=O)Nc3ccccc3F)n2)cc1. The predicted molar refractivity (Wildman–Crippen MR) is 92.6 cm³/mol. The summed E-state index contributed by atoms with van der Waals surface area (Å²) < 4.78 is 13.5. The van der Waals surface area contributed by atoms with Gasteiger partial charge >= 0.3 is 0 Å². The second kappa shape index (κ2) is 7.08. The van der Waals surface area contributed by atoms with Crippen molar-refractivity contribution in [2.75, 3.05) is 24.3 Å². The van der Waals surface area contributed by atoms with Crippen LogP contribution in [0.3, 0.4) is 0 Å². The lowest BCUT2D eigenvalue weighted by molar-refractivity contribution is -0.117. The molecule has 0 aliphatic heterocycles. The van der Waals surface area contributed by atoms with E-state index in [9.17, 15) is 9.18 Å². The molecule has 0 atom stereocenters. The Bertz CT molecular complexity index is 875. The molecule has 0 saturated heterocycles. The van der Waals surface area contributed by atoms with E-state index in [4.69, 9.17) is 0 Å². The van der Waals surface area contributed by atoms with E-state index in [2.05, 4.69) is 20.7 Å². The fraction of sp³-hybridized carbons (Fsp3) is 0.176. The van der Waals surface area contributed by atoms with Crippen LogP contribution in [0.5, 0.6) is 0 Å². The van der Waals surface area contributed by atoms with Gasteiger partial charge in [0.05, 0.1) is 5.69 Å². The molecular weight excluding hydrogens is 323 g/mol. The van der Waals surface area contributed by atoms with Gasteiger partial charge in [0.1, 0.15) is 12.4 Å². The Morgan fingerprint density at radius 2 is 1.88 bits per heavy atom. The topological polar surface area (TPSA) is 75.9 Å². The van der Waals surface area contributed by atoms with Crippen molar-refractivity contribution in [3.63, 3.8) is 0 Å². The van der Waals surface area contributed by atoms with Gasteiger partial charge in [0.2, 0.25) is 11.7 Å². The standard InChI is InChI=1S/C17H17FN6O/c1-23(2)13-9-7-12(8-10-13)17-20-22-24(21-17)11-16(25)19-15-6-4-3-5-14(15)18/h3-10H,11H2,1-2H3,(H,19,25). The van der Waals surface area contributed by atoms with Crippen molar-refractivity contribution in [3.8, 4) is 11.4 Å². The normalized spacial score (nSPS) is 10.5. The second-order valence-electron chi connectivity index (χ2n) is 5.61. The highest BCUT2D eigenvalue weighted by Crippen LogP contribution is 2.18. The molecule has 0 spiro atoms. The number of aromatic nitrogens is 4. The van der Waals surface area contributed by atoms with E-state index in [1.165, 1.54) is 16.9 Å². The van der Waals surface area contributed by atoms with Crippen LogP contribution in [0.2, 0.25) is 0 Å². The molecular formula is C17H17FN6O. The Kier molecular flexibility index (Phi) is 4.69. The van der Waals surface area contributed by atoms with Crippen molar-refractivity contribution in [2.45, 2.75) is 6.54 Å². The number of rotatable bonds is 5. The van der Waals surface area contributed by atoms with Crippen molar-refractivity contribution in [1.29, 1.82) is 0 Å². The quantitative estimate of drug-likeness (QED) is 0.770. The van der Waals surface area contributed by atoms with Crippen molar-refractivity contribution < 1.29 is 9.18 Å². The van der Waals surface area contributed by atoms with E-state index in [1.54, 1.807) is 12.1 Å². The molecule has 0 saturated carbocycles. The number of amides is 1. The summed E-state index contributed by atoms with van der Waals surface area (Å²) in [6.07, 6.45) is 0. The van der Waals surface area contributed by atoms with E-state index < -0.39 is 11.7 Å². The molecule has 1 amide bonds. The molecule has 128 valence electrons. The molecule has 7 nitrogen and oxygen atoms in total. The Morgan fingerprint density at radius 1 is 1.16 bits per heavy atom. The van der Waals surface area contributed by atoms with Crippen LogP contribution in [0.15, 0.2) is 48.5 Å². The Morgan fingerprint density at radius 3 is 2.56 bits per heavy atom. The Balaban J connectivity index is 1.67. The minimum absolute atomic E-state index is 0.118. The minimum atomic E-state index is -0.496. The van der Waals surface area contributed by atoms with E-state index in [-0.39, 0.29) is 12.2 Å². The van der Waals surface area contributed by atoms with Gasteiger partial charge in [0.15, 0.2) is 0 Å². The average Bonchev–Trinajstić information content (AvgIpc) is 3.05. The van der Waals surface area contributed by atoms with Gasteiger partial charge in [-0.3, -0.25) is 4.79 Å². The van der Waals surface area contributed by atoms with Crippen LogP contribution in [0.1, 0.15) is 0 Å². The average molecular weight is 340 g/mol. The Hall–Kier alpha value is -3.29.